The second-order valence-electron chi connectivity index (χ2n) is 5.32. The first-order valence-corrected chi connectivity index (χ1v) is 7.39. The molecule has 25 heavy (non-hydrogen) atoms. The fourth-order valence-corrected chi connectivity index (χ4v) is 2.31. The van der Waals surface area contributed by atoms with E-state index >= 15 is 0 Å². The van der Waals surface area contributed by atoms with Crippen LogP contribution in [0.1, 0.15) is 18.9 Å². The Labute approximate surface area is 143 Å². The SMILES string of the molecule is COc1cc(/C=N\NC(=O)CC2(C)OCCO2)c([N+](=O)[O-])cc1OC. The van der Waals surface area contributed by atoms with Gasteiger partial charge >= 0.3 is 0 Å². The smallest absolute Gasteiger partial charge is 0.282 e. The quantitative estimate of drug-likeness (QED) is 0.444. The van der Waals surface area contributed by atoms with Gasteiger partial charge in [0.25, 0.3) is 5.69 Å². The van der Waals surface area contributed by atoms with E-state index < -0.39 is 16.6 Å². The Kier molecular flexibility index (Phi) is 5.88. The number of hydrogen-bond acceptors (Lipinski definition) is 8. The Hall–Kier alpha value is -2.72. The number of nitro benzene ring substituents is 1. The lowest BCUT2D eigenvalue weighted by molar-refractivity contribution is -0.385. The average Bonchev–Trinajstić information content (AvgIpc) is 2.99. The van der Waals surface area contributed by atoms with Gasteiger partial charge in [-0.15, -0.1) is 0 Å². The van der Waals surface area contributed by atoms with Gasteiger partial charge in [-0.1, -0.05) is 0 Å². The predicted octanol–water partition coefficient (Wildman–Crippen LogP) is 1.22. The van der Waals surface area contributed by atoms with Crippen molar-refractivity contribution in [2.75, 3.05) is 27.4 Å². The van der Waals surface area contributed by atoms with Gasteiger partial charge in [0, 0.05) is 0 Å². The minimum absolute atomic E-state index is 0.0433. The van der Waals surface area contributed by atoms with Crippen LogP contribution in [0.5, 0.6) is 11.5 Å². The largest absolute Gasteiger partial charge is 0.493 e. The number of hydrogen-bond donors (Lipinski definition) is 1. The zero-order chi connectivity index (χ0) is 18.4. The van der Waals surface area contributed by atoms with E-state index in [2.05, 4.69) is 10.5 Å². The Morgan fingerprint density at radius 1 is 1.36 bits per heavy atom. The summed E-state index contributed by atoms with van der Waals surface area (Å²) in [6.45, 7) is 2.50. The number of methoxy groups -OCH3 is 2. The molecule has 0 atom stereocenters. The number of ether oxygens (including phenoxy) is 4. The highest BCUT2D eigenvalue weighted by Crippen LogP contribution is 2.33. The third kappa shape index (κ3) is 4.64. The molecule has 1 aliphatic rings. The molecule has 0 radical (unpaired) electrons. The second-order valence-corrected chi connectivity index (χ2v) is 5.32. The number of rotatable bonds is 7. The van der Waals surface area contributed by atoms with Gasteiger partial charge in [-0.3, -0.25) is 14.9 Å². The molecule has 0 spiro atoms. The lowest BCUT2D eigenvalue weighted by Gasteiger charge is -2.20. The normalized spacial score (nSPS) is 16.0. The van der Waals surface area contributed by atoms with E-state index in [0.717, 1.165) is 6.21 Å². The summed E-state index contributed by atoms with van der Waals surface area (Å²) in [5.74, 6) is -0.890. The highest BCUT2D eigenvalue weighted by molar-refractivity contribution is 5.88. The molecule has 0 aromatic heterocycles. The average molecular weight is 353 g/mol. The van der Waals surface area contributed by atoms with Gasteiger partial charge in [-0.05, 0) is 13.0 Å². The number of amides is 1. The Morgan fingerprint density at radius 3 is 2.52 bits per heavy atom. The lowest BCUT2D eigenvalue weighted by atomic mass is 10.1. The van der Waals surface area contributed by atoms with Crippen LogP contribution in [-0.4, -0.2) is 50.3 Å². The number of benzene rings is 1. The minimum Gasteiger partial charge on any atom is -0.493 e. The number of carbonyl (C=O) groups is 1. The third-order valence-electron chi connectivity index (χ3n) is 3.50. The molecule has 0 bridgehead atoms. The molecule has 0 unspecified atom stereocenters. The molecular weight excluding hydrogens is 334 g/mol. The molecule has 1 amide bonds. The number of nitro groups is 1. The molecule has 1 heterocycles. The van der Waals surface area contributed by atoms with Gasteiger partial charge in [0.1, 0.15) is 0 Å². The van der Waals surface area contributed by atoms with Crippen molar-refractivity contribution in [2.24, 2.45) is 5.10 Å². The third-order valence-corrected chi connectivity index (χ3v) is 3.50. The molecule has 1 aromatic rings. The van der Waals surface area contributed by atoms with Crippen LogP contribution in [0.25, 0.3) is 0 Å². The van der Waals surface area contributed by atoms with Crippen LogP contribution < -0.4 is 14.9 Å². The van der Waals surface area contributed by atoms with Crippen LogP contribution in [0, 0.1) is 10.1 Å². The molecule has 0 saturated carbocycles. The molecule has 1 aromatic carbocycles. The highest BCUT2D eigenvalue weighted by atomic mass is 16.7. The maximum absolute atomic E-state index is 11.9. The highest BCUT2D eigenvalue weighted by Gasteiger charge is 2.33. The van der Waals surface area contributed by atoms with Crippen molar-refractivity contribution in [3.63, 3.8) is 0 Å². The Morgan fingerprint density at radius 2 is 1.96 bits per heavy atom. The number of hydrazone groups is 1. The van der Waals surface area contributed by atoms with E-state index in [1.54, 1.807) is 6.92 Å². The molecule has 10 nitrogen and oxygen atoms in total. The molecule has 1 aliphatic heterocycles. The van der Waals surface area contributed by atoms with Gasteiger partial charge in [-0.2, -0.15) is 5.10 Å². The molecule has 1 N–H and O–H groups in total. The van der Waals surface area contributed by atoms with Gasteiger partial charge in [0.15, 0.2) is 17.3 Å². The van der Waals surface area contributed by atoms with Gasteiger partial charge < -0.3 is 18.9 Å². The van der Waals surface area contributed by atoms with Crippen LogP contribution >= 0.6 is 0 Å². The zero-order valence-electron chi connectivity index (χ0n) is 14.1. The van der Waals surface area contributed by atoms with Gasteiger partial charge in [-0.25, -0.2) is 5.43 Å². The van der Waals surface area contributed by atoms with Crippen LogP contribution in [0.2, 0.25) is 0 Å². The summed E-state index contributed by atoms with van der Waals surface area (Å²) in [6.07, 6.45) is 1.12. The fourth-order valence-electron chi connectivity index (χ4n) is 2.31. The van der Waals surface area contributed by atoms with Crippen molar-refractivity contribution < 1.29 is 28.7 Å². The van der Waals surface area contributed by atoms with Crippen LogP contribution in [-0.2, 0) is 14.3 Å². The van der Waals surface area contributed by atoms with Crippen molar-refractivity contribution in [3.05, 3.63) is 27.8 Å². The maximum Gasteiger partial charge on any atom is 0.282 e. The van der Waals surface area contributed by atoms with E-state index in [1.807, 2.05) is 0 Å². The maximum atomic E-state index is 11.9. The zero-order valence-corrected chi connectivity index (χ0v) is 14.1. The number of nitrogens with zero attached hydrogens (tertiary/aromatic N) is 2. The molecule has 0 aliphatic carbocycles. The number of carbonyl (C=O) groups excluding carboxylic acids is 1. The number of nitrogens with one attached hydrogen (secondary N) is 1. The summed E-state index contributed by atoms with van der Waals surface area (Å²) in [4.78, 5) is 22.5. The van der Waals surface area contributed by atoms with E-state index in [-0.39, 0.29) is 23.4 Å². The van der Waals surface area contributed by atoms with Crippen molar-refractivity contribution in [3.8, 4) is 11.5 Å². The Bertz CT molecular complexity index is 684. The molecule has 10 heteroatoms. The standard InChI is InChI=1S/C15H19N3O7/c1-15(24-4-5-25-15)8-14(19)17-16-9-10-6-12(22-2)13(23-3)7-11(10)18(20)21/h6-7,9H,4-5,8H2,1-3H3,(H,17,19)/b16-9-. The molecule has 1 fully saturated rings. The summed E-state index contributed by atoms with van der Waals surface area (Å²) in [5.41, 5.74) is 2.22. The van der Waals surface area contributed by atoms with Crippen molar-refractivity contribution in [2.45, 2.75) is 19.1 Å². The van der Waals surface area contributed by atoms with Crippen molar-refractivity contribution in [1.29, 1.82) is 0 Å². The minimum atomic E-state index is -0.977. The van der Waals surface area contributed by atoms with Crippen LogP contribution in [0.4, 0.5) is 5.69 Å². The first kappa shape index (κ1) is 18.6. The summed E-state index contributed by atoms with van der Waals surface area (Å²) in [6, 6.07) is 2.63. The van der Waals surface area contributed by atoms with Crippen molar-refractivity contribution in [1.82, 2.24) is 5.43 Å². The van der Waals surface area contributed by atoms with Crippen molar-refractivity contribution >= 4 is 17.8 Å². The first-order valence-electron chi connectivity index (χ1n) is 7.39. The fraction of sp³-hybridized carbons (Fsp3) is 0.467. The molecule has 2 rings (SSSR count). The van der Waals surface area contributed by atoms with E-state index in [1.165, 1.54) is 26.4 Å². The lowest BCUT2D eigenvalue weighted by Crippen LogP contribution is -2.33. The molecule has 1 saturated heterocycles. The second kappa shape index (κ2) is 7.90. The summed E-state index contributed by atoms with van der Waals surface area (Å²) >= 11 is 0. The summed E-state index contributed by atoms with van der Waals surface area (Å²) in [5, 5.41) is 14.9. The monoisotopic (exact) mass is 353 g/mol. The van der Waals surface area contributed by atoms with Gasteiger partial charge in [0.2, 0.25) is 5.91 Å². The summed E-state index contributed by atoms with van der Waals surface area (Å²) in [7, 11) is 2.79. The van der Waals surface area contributed by atoms with E-state index in [9.17, 15) is 14.9 Å². The topological polar surface area (TPSA) is 122 Å². The predicted molar refractivity (Wildman–Crippen MR) is 86.9 cm³/mol. The van der Waals surface area contributed by atoms with Crippen LogP contribution in [0.15, 0.2) is 17.2 Å². The van der Waals surface area contributed by atoms with Gasteiger partial charge in [0.05, 0.1) is 56.6 Å². The van der Waals surface area contributed by atoms with E-state index in [4.69, 9.17) is 18.9 Å². The first-order chi connectivity index (χ1) is 11.9. The summed E-state index contributed by atoms with van der Waals surface area (Å²) < 4.78 is 20.8. The van der Waals surface area contributed by atoms with E-state index in [0.29, 0.717) is 19.0 Å². The molecular formula is C15H19N3O7. The molecule has 136 valence electrons. The van der Waals surface area contributed by atoms with Crippen LogP contribution in [0.3, 0.4) is 0 Å². The Balaban J connectivity index is 2.11.